The molecule has 0 N–H and O–H groups in total. The van der Waals surface area contributed by atoms with Gasteiger partial charge in [0, 0.05) is 24.7 Å². The van der Waals surface area contributed by atoms with Gasteiger partial charge in [0.1, 0.15) is 0 Å². The van der Waals surface area contributed by atoms with Crippen molar-refractivity contribution in [1.29, 1.82) is 0 Å². The smallest absolute Gasteiger partial charge is 0.0857 e. The van der Waals surface area contributed by atoms with Crippen molar-refractivity contribution < 1.29 is 0 Å². The van der Waals surface area contributed by atoms with E-state index in [1.807, 2.05) is 0 Å². The van der Waals surface area contributed by atoms with Crippen molar-refractivity contribution in [2.24, 2.45) is 5.92 Å². The molecular weight excluding hydrogens is 260 g/mol. The average molecular weight is 288 g/mol. The van der Waals surface area contributed by atoms with Crippen LogP contribution >= 0.6 is 0 Å². The molecule has 2 heterocycles. The predicted octanol–water partition coefficient (Wildman–Crippen LogP) is 3.20. The Hall–Kier alpha value is -0.900. The Morgan fingerprint density at radius 1 is 0.952 bits per heavy atom. The van der Waals surface area contributed by atoms with E-state index in [-0.39, 0.29) is 0 Å². The molecule has 4 nitrogen and oxygen atoms in total. The average Bonchev–Trinajstić information content (AvgIpc) is 3.09. The van der Waals surface area contributed by atoms with Crippen LogP contribution in [0.15, 0.2) is 6.20 Å². The lowest BCUT2D eigenvalue weighted by molar-refractivity contribution is 0.0796. The summed E-state index contributed by atoms with van der Waals surface area (Å²) in [5, 5.41) is 8.82. The quantitative estimate of drug-likeness (QED) is 0.853. The summed E-state index contributed by atoms with van der Waals surface area (Å²) in [5.74, 6) is 1.50. The third-order valence-corrected chi connectivity index (χ3v) is 6.02. The third kappa shape index (κ3) is 3.01. The molecule has 0 bridgehead atoms. The lowest BCUT2D eigenvalue weighted by Gasteiger charge is -2.41. The van der Waals surface area contributed by atoms with Crippen molar-refractivity contribution in [3.8, 4) is 0 Å². The van der Waals surface area contributed by atoms with Crippen LogP contribution < -0.4 is 0 Å². The van der Waals surface area contributed by atoms with E-state index in [1.54, 1.807) is 0 Å². The highest BCUT2D eigenvalue weighted by Gasteiger charge is 2.29. The Balaban J connectivity index is 1.28. The van der Waals surface area contributed by atoms with E-state index in [4.69, 9.17) is 0 Å². The molecule has 0 spiro atoms. The molecular formula is C17H28N4. The minimum Gasteiger partial charge on any atom is -0.300 e. The predicted molar refractivity (Wildman–Crippen MR) is 83.2 cm³/mol. The number of nitrogens with zero attached hydrogens (tertiary/aromatic N) is 4. The van der Waals surface area contributed by atoms with E-state index in [0.717, 1.165) is 18.5 Å². The van der Waals surface area contributed by atoms with Crippen LogP contribution in [0.1, 0.15) is 69.4 Å². The van der Waals surface area contributed by atoms with Gasteiger partial charge in [0.25, 0.3) is 0 Å². The molecule has 2 saturated carbocycles. The summed E-state index contributed by atoms with van der Waals surface area (Å²) >= 11 is 0. The number of rotatable bonds is 4. The van der Waals surface area contributed by atoms with Crippen LogP contribution in [0.25, 0.3) is 0 Å². The number of hydrogen-bond donors (Lipinski definition) is 0. The summed E-state index contributed by atoms with van der Waals surface area (Å²) in [5.41, 5.74) is 1.25. The highest BCUT2D eigenvalue weighted by Crippen LogP contribution is 2.33. The van der Waals surface area contributed by atoms with Gasteiger partial charge in [-0.05, 0) is 57.5 Å². The molecule has 0 aromatic carbocycles. The molecule has 21 heavy (non-hydrogen) atoms. The first-order chi connectivity index (χ1) is 10.4. The molecule has 1 saturated heterocycles. The molecule has 4 heteroatoms. The molecule has 3 fully saturated rings. The SMILES string of the molecule is c1c(C2CCCC2)nnn1CC1CCN(C2CCC2)CC1. The van der Waals surface area contributed by atoms with Crippen molar-refractivity contribution in [1.82, 2.24) is 19.9 Å². The zero-order valence-corrected chi connectivity index (χ0v) is 13.1. The van der Waals surface area contributed by atoms with Gasteiger partial charge in [-0.2, -0.15) is 0 Å². The van der Waals surface area contributed by atoms with Crippen molar-refractivity contribution in [3.05, 3.63) is 11.9 Å². The molecule has 0 atom stereocenters. The largest absolute Gasteiger partial charge is 0.300 e. The first-order valence-corrected chi connectivity index (χ1v) is 9.02. The van der Waals surface area contributed by atoms with E-state index in [1.165, 1.54) is 76.6 Å². The fraction of sp³-hybridized carbons (Fsp3) is 0.882. The Kier molecular flexibility index (Phi) is 3.97. The summed E-state index contributed by atoms with van der Waals surface area (Å²) in [6, 6.07) is 0.922. The Morgan fingerprint density at radius 2 is 1.71 bits per heavy atom. The molecule has 0 radical (unpaired) electrons. The Labute approximate surface area is 127 Å². The van der Waals surface area contributed by atoms with Gasteiger partial charge in [0.15, 0.2) is 0 Å². The summed E-state index contributed by atoms with van der Waals surface area (Å²) < 4.78 is 2.12. The number of piperidine rings is 1. The molecule has 2 aliphatic carbocycles. The van der Waals surface area contributed by atoms with Gasteiger partial charge in [-0.1, -0.05) is 24.5 Å². The minimum atomic E-state index is 0.694. The second-order valence-corrected chi connectivity index (χ2v) is 7.41. The van der Waals surface area contributed by atoms with Crippen LogP contribution in [-0.4, -0.2) is 39.0 Å². The fourth-order valence-electron chi connectivity index (χ4n) is 4.33. The molecule has 0 amide bonds. The highest BCUT2D eigenvalue weighted by molar-refractivity contribution is 5.03. The highest BCUT2D eigenvalue weighted by atomic mass is 15.4. The molecule has 1 aromatic heterocycles. The topological polar surface area (TPSA) is 34.0 Å². The van der Waals surface area contributed by atoms with E-state index in [9.17, 15) is 0 Å². The van der Waals surface area contributed by atoms with Gasteiger partial charge >= 0.3 is 0 Å². The molecule has 4 rings (SSSR count). The lowest BCUT2D eigenvalue weighted by Crippen LogP contribution is -2.45. The van der Waals surface area contributed by atoms with Gasteiger partial charge in [-0.25, -0.2) is 0 Å². The monoisotopic (exact) mass is 288 g/mol. The van der Waals surface area contributed by atoms with E-state index in [0.29, 0.717) is 5.92 Å². The first kappa shape index (κ1) is 13.7. The van der Waals surface area contributed by atoms with Crippen molar-refractivity contribution in [2.45, 2.75) is 76.3 Å². The van der Waals surface area contributed by atoms with Crippen molar-refractivity contribution >= 4 is 0 Å². The zero-order valence-electron chi connectivity index (χ0n) is 13.1. The van der Waals surface area contributed by atoms with Gasteiger partial charge in [-0.3, -0.25) is 4.68 Å². The normalized spacial score (nSPS) is 26.3. The maximum absolute atomic E-state index is 4.43. The Morgan fingerprint density at radius 3 is 2.38 bits per heavy atom. The van der Waals surface area contributed by atoms with Crippen molar-refractivity contribution in [2.75, 3.05) is 13.1 Å². The number of hydrogen-bond acceptors (Lipinski definition) is 3. The van der Waals surface area contributed by atoms with E-state index in [2.05, 4.69) is 26.1 Å². The van der Waals surface area contributed by atoms with Gasteiger partial charge < -0.3 is 4.90 Å². The second kappa shape index (κ2) is 6.07. The standard InChI is InChI=1S/C17H28N4/c1-2-5-15(4-1)17-13-21(19-18-17)12-14-8-10-20(11-9-14)16-6-3-7-16/h13-16H,1-12H2. The molecule has 1 aromatic rings. The summed E-state index contributed by atoms with van der Waals surface area (Å²) in [4.78, 5) is 2.73. The molecule has 0 unspecified atom stereocenters. The molecule has 3 aliphatic rings. The van der Waals surface area contributed by atoms with Crippen LogP contribution in [0.4, 0.5) is 0 Å². The lowest BCUT2D eigenvalue weighted by atomic mass is 9.88. The van der Waals surface area contributed by atoms with Gasteiger partial charge in [0.2, 0.25) is 0 Å². The maximum atomic E-state index is 4.43. The first-order valence-electron chi connectivity index (χ1n) is 9.02. The number of aromatic nitrogens is 3. The van der Waals surface area contributed by atoms with Crippen LogP contribution in [0.2, 0.25) is 0 Å². The minimum absolute atomic E-state index is 0.694. The van der Waals surface area contributed by atoms with Crippen LogP contribution in [0, 0.1) is 5.92 Å². The summed E-state index contributed by atoms with van der Waals surface area (Å²) in [6.07, 6.45) is 14.6. The molecule has 116 valence electrons. The molecule has 1 aliphatic heterocycles. The number of likely N-dealkylation sites (tertiary alicyclic amines) is 1. The zero-order chi connectivity index (χ0) is 14.1. The summed E-state index contributed by atoms with van der Waals surface area (Å²) in [7, 11) is 0. The van der Waals surface area contributed by atoms with Crippen LogP contribution in [-0.2, 0) is 6.54 Å². The second-order valence-electron chi connectivity index (χ2n) is 7.41. The maximum Gasteiger partial charge on any atom is 0.0857 e. The van der Waals surface area contributed by atoms with Crippen molar-refractivity contribution in [3.63, 3.8) is 0 Å². The van der Waals surface area contributed by atoms with Gasteiger partial charge in [-0.15, -0.1) is 5.10 Å². The van der Waals surface area contributed by atoms with Crippen LogP contribution in [0.3, 0.4) is 0 Å². The van der Waals surface area contributed by atoms with Gasteiger partial charge in [0.05, 0.1) is 5.69 Å². The van der Waals surface area contributed by atoms with E-state index >= 15 is 0 Å². The van der Waals surface area contributed by atoms with E-state index < -0.39 is 0 Å². The fourth-order valence-corrected chi connectivity index (χ4v) is 4.33. The summed E-state index contributed by atoms with van der Waals surface area (Å²) in [6.45, 7) is 3.69. The third-order valence-electron chi connectivity index (χ3n) is 6.02. The Bertz CT molecular complexity index is 451. The van der Waals surface area contributed by atoms with Crippen LogP contribution in [0.5, 0.6) is 0 Å².